The standard InChI is InChI=1S/C36H52N2/c1-8-15-16-17-18-19-20-30-25-35(31-21-26(9-2)33(13-6)27(10-3)22-31)38(37)36(30)32-23-28(11-4)34(14-7)29(12-5)24-32/h21-25H,8-20H2,1-7H3. The molecule has 1 aliphatic heterocycles. The van der Waals surface area contributed by atoms with E-state index in [0.717, 1.165) is 61.9 Å². The van der Waals surface area contributed by atoms with Crippen LogP contribution in [0.1, 0.15) is 138 Å². The minimum absolute atomic E-state index is 0.934. The van der Waals surface area contributed by atoms with Crippen molar-refractivity contribution in [2.24, 2.45) is 0 Å². The SMILES string of the molecule is CCCCCCCCC1=C(c2cc(CC)c(CC)c(CC)c2)[N+](=[N-])C(c2cc(CC)c(CC)c(CC)c2)=C1. The first kappa shape index (κ1) is 30.1. The molecule has 3 rings (SSSR count). The average molecular weight is 513 g/mol. The van der Waals surface area contributed by atoms with Gasteiger partial charge in [0.05, 0.1) is 0 Å². The number of benzene rings is 2. The molecule has 0 spiro atoms. The second-order valence-corrected chi connectivity index (χ2v) is 10.9. The molecule has 0 unspecified atom stereocenters. The van der Waals surface area contributed by atoms with Gasteiger partial charge in [0.2, 0.25) is 11.4 Å². The van der Waals surface area contributed by atoms with Crippen LogP contribution in [0.2, 0.25) is 0 Å². The molecule has 1 heterocycles. The second-order valence-electron chi connectivity index (χ2n) is 10.9. The Morgan fingerprint density at radius 3 is 1.45 bits per heavy atom. The molecule has 2 aromatic carbocycles. The highest BCUT2D eigenvalue weighted by atomic mass is 15.2. The average Bonchev–Trinajstić information content (AvgIpc) is 3.28. The molecule has 2 nitrogen and oxygen atoms in total. The van der Waals surface area contributed by atoms with Gasteiger partial charge in [-0.3, -0.25) is 0 Å². The Morgan fingerprint density at radius 1 is 0.553 bits per heavy atom. The van der Waals surface area contributed by atoms with Crippen molar-refractivity contribution in [1.29, 1.82) is 0 Å². The van der Waals surface area contributed by atoms with Crippen LogP contribution in [0.15, 0.2) is 35.9 Å². The van der Waals surface area contributed by atoms with Crippen molar-refractivity contribution >= 4 is 11.4 Å². The zero-order valence-corrected chi connectivity index (χ0v) is 25.5. The maximum Gasteiger partial charge on any atom is 0.210 e. The summed E-state index contributed by atoms with van der Waals surface area (Å²) in [6.45, 7) is 15.8. The molecule has 0 aromatic heterocycles. The highest BCUT2D eigenvalue weighted by Gasteiger charge is 2.30. The number of unbranched alkanes of at least 4 members (excludes halogenated alkanes) is 5. The fourth-order valence-corrected chi connectivity index (χ4v) is 6.40. The van der Waals surface area contributed by atoms with E-state index in [1.165, 1.54) is 87.7 Å². The lowest BCUT2D eigenvalue weighted by molar-refractivity contribution is -0.344. The normalized spacial score (nSPS) is 13.6. The predicted molar refractivity (Wildman–Crippen MR) is 166 cm³/mol. The van der Waals surface area contributed by atoms with E-state index in [-0.39, 0.29) is 0 Å². The third kappa shape index (κ3) is 6.56. The van der Waals surface area contributed by atoms with Gasteiger partial charge >= 0.3 is 0 Å². The van der Waals surface area contributed by atoms with Crippen LogP contribution in [0.25, 0.3) is 16.9 Å². The molecule has 0 fully saturated rings. The van der Waals surface area contributed by atoms with Crippen LogP contribution >= 0.6 is 0 Å². The molecule has 206 valence electrons. The van der Waals surface area contributed by atoms with E-state index < -0.39 is 0 Å². The molecule has 0 amide bonds. The first-order valence-corrected chi connectivity index (χ1v) is 15.7. The summed E-state index contributed by atoms with van der Waals surface area (Å²) >= 11 is 0. The smallest absolute Gasteiger partial charge is 0.210 e. The summed E-state index contributed by atoms with van der Waals surface area (Å²) in [6, 6.07) is 9.36. The number of hydrogen-bond donors (Lipinski definition) is 0. The lowest BCUT2D eigenvalue weighted by Crippen LogP contribution is -2.07. The molecule has 38 heavy (non-hydrogen) atoms. The van der Waals surface area contributed by atoms with Crippen molar-refractivity contribution in [3.63, 3.8) is 0 Å². The van der Waals surface area contributed by atoms with Gasteiger partial charge in [-0.2, -0.15) is 0 Å². The van der Waals surface area contributed by atoms with Crippen molar-refractivity contribution in [2.45, 2.75) is 132 Å². The van der Waals surface area contributed by atoms with Gasteiger partial charge in [0, 0.05) is 22.8 Å². The van der Waals surface area contributed by atoms with E-state index in [1.807, 2.05) is 0 Å². The van der Waals surface area contributed by atoms with Gasteiger partial charge in [-0.15, -0.1) is 0 Å². The summed E-state index contributed by atoms with van der Waals surface area (Å²) in [5.74, 6) is 0. The maximum atomic E-state index is 11.8. The summed E-state index contributed by atoms with van der Waals surface area (Å²) in [5.41, 5.74) is 26.0. The van der Waals surface area contributed by atoms with Crippen LogP contribution in [0.4, 0.5) is 0 Å². The summed E-state index contributed by atoms with van der Waals surface area (Å²) in [5, 5.41) is 0. The van der Waals surface area contributed by atoms with Gasteiger partial charge in [0.15, 0.2) is 0 Å². The van der Waals surface area contributed by atoms with E-state index in [0.29, 0.717) is 0 Å². The molecule has 0 N–H and O–H groups in total. The predicted octanol–water partition coefficient (Wildman–Crippen LogP) is 10.6. The lowest BCUT2D eigenvalue weighted by Gasteiger charge is -2.17. The van der Waals surface area contributed by atoms with Crippen molar-refractivity contribution in [2.75, 3.05) is 0 Å². The Kier molecular flexibility index (Phi) is 11.6. The van der Waals surface area contributed by atoms with Gasteiger partial charge < -0.3 is 5.53 Å². The minimum atomic E-state index is 0.934. The maximum absolute atomic E-state index is 11.8. The molecule has 0 radical (unpaired) electrons. The Morgan fingerprint density at radius 2 is 1.00 bits per heavy atom. The summed E-state index contributed by atoms with van der Waals surface area (Å²) in [6.07, 6.45) is 17.2. The molecule has 0 saturated carbocycles. The molecule has 0 aliphatic carbocycles. The number of hydrogen-bond acceptors (Lipinski definition) is 0. The quantitative estimate of drug-likeness (QED) is 0.167. The summed E-state index contributed by atoms with van der Waals surface area (Å²) in [4.78, 5) is 0. The van der Waals surface area contributed by atoms with Crippen molar-refractivity contribution < 1.29 is 4.70 Å². The third-order valence-electron chi connectivity index (χ3n) is 8.52. The summed E-state index contributed by atoms with van der Waals surface area (Å²) < 4.78 is 1.52. The highest BCUT2D eigenvalue weighted by Crippen LogP contribution is 2.40. The van der Waals surface area contributed by atoms with E-state index in [4.69, 9.17) is 0 Å². The van der Waals surface area contributed by atoms with Gasteiger partial charge in [-0.1, -0.05) is 80.6 Å². The molecule has 2 heteroatoms. The van der Waals surface area contributed by atoms with Gasteiger partial charge in [0.1, 0.15) is 0 Å². The first-order valence-electron chi connectivity index (χ1n) is 15.7. The van der Waals surface area contributed by atoms with Crippen molar-refractivity contribution in [3.05, 3.63) is 86.0 Å². The topological polar surface area (TPSA) is 25.3 Å². The number of nitrogens with zero attached hydrogens (tertiary/aromatic N) is 2. The van der Waals surface area contributed by atoms with Crippen molar-refractivity contribution in [1.82, 2.24) is 0 Å². The van der Waals surface area contributed by atoms with Crippen LogP contribution < -0.4 is 0 Å². The highest BCUT2D eigenvalue weighted by molar-refractivity contribution is 5.79. The van der Waals surface area contributed by atoms with Crippen molar-refractivity contribution in [3.8, 4) is 0 Å². The molecule has 0 bridgehead atoms. The molecule has 2 aromatic rings. The Labute approximate surface area is 233 Å². The number of aryl methyl sites for hydroxylation is 4. The van der Waals surface area contributed by atoms with Crippen LogP contribution in [0.5, 0.6) is 0 Å². The zero-order valence-electron chi connectivity index (χ0n) is 25.5. The molecule has 1 aliphatic rings. The van der Waals surface area contributed by atoms with E-state index in [1.54, 1.807) is 0 Å². The molecule has 0 saturated heterocycles. The monoisotopic (exact) mass is 512 g/mol. The fourth-order valence-electron chi connectivity index (χ4n) is 6.40. The van der Waals surface area contributed by atoms with Crippen LogP contribution in [-0.2, 0) is 38.5 Å². The molecular weight excluding hydrogens is 460 g/mol. The van der Waals surface area contributed by atoms with E-state index in [2.05, 4.69) is 78.8 Å². The van der Waals surface area contributed by atoms with Gasteiger partial charge in [-0.25, -0.2) is 4.70 Å². The Bertz CT molecular complexity index is 1130. The molecular formula is C36H52N2. The zero-order chi connectivity index (χ0) is 27.7. The molecule has 0 atom stereocenters. The van der Waals surface area contributed by atoms with Crippen LogP contribution in [-0.4, -0.2) is 4.70 Å². The number of allylic oxidation sites excluding steroid dienone is 2. The Balaban J connectivity index is 2.07. The Hall–Kier alpha value is -2.48. The second kappa shape index (κ2) is 14.6. The lowest BCUT2D eigenvalue weighted by atomic mass is 9.91. The minimum Gasteiger partial charge on any atom is -0.493 e. The van der Waals surface area contributed by atoms with E-state index in [9.17, 15) is 5.53 Å². The van der Waals surface area contributed by atoms with Gasteiger partial charge in [0.25, 0.3) is 0 Å². The first-order chi connectivity index (χ1) is 18.5. The number of rotatable bonds is 15. The fraction of sp³-hybridized carbons (Fsp3) is 0.556. The van der Waals surface area contributed by atoms with E-state index >= 15 is 0 Å². The summed E-state index contributed by atoms with van der Waals surface area (Å²) in [7, 11) is 0. The van der Waals surface area contributed by atoms with Gasteiger partial charge in [-0.05, 0) is 109 Å². The van der Waals surface area contributed by atoms with Crippen LogP contribution in [0.3, 0.4) is 0 Å². The third-order valence-corrected chi connectivity index (χ3v) is 8.52. The van der Waals surface area contributed by atoms with Crippen LogP contribution in [0, 0.1) is 0 Å². The largest absolute Gasteiger partial charge is 0.493 e.